The maximum Gasteiger partial charge on any atom is 0.254 e. The molecule has 1 amide bonds. The van der Waals surface area contributed by atoms with Gasteiger partial charge in [0.1, 0.15) is 12.4 Å². The second-order valence-electron chi connectivity index (χ2n) is 5.80. The zero-order chi connectivity index (χ0) is 19.1. The molecule has 0 bridgehead atoms. The van der Waals surface area contributed by atoms with Crippen molar-refractivity contribution in [1.82, 2.24) is 9.88 Å². The van der Waals surface area contributed by atoms with Crippen molar-refractivity contribution in [2.75, 3.05) is 20.2 Å². The number of ether oxygens (including phenoxy) is 1. The molecule has 0 saturated heterocycles. The van der Waals surface area contributed by atoms with Gasteiger partial charge >= 0.3 is 0 Å². The summed E-state index contributed by atoms with van der Waals surface area (Å²) in [6.07, 6.45) is 0. The lowest BCUT2D eigenvalue weighted by molar-refractivity contribution is 0.0770. The van der Waals surface area contributed by atoms with Crippen LogP contribution in [-0.4, -0.2) is 36.0 Å². The summed E-state index contributed by atoms with van der Waals surface area (Å²) in [6.45, 7) is 0.882. The highest BCUT2D eigenvalue weighted by Crippen LogP contribution is 2.27. The van der Waals surface area contributed by atoms with Crippen LogP contribution >= 0.6 is 34.7 Å². The Morgan fingerprint density at radius 3 is 2.89 bits per heavy atom. The largest absolute Gasteiger partial charge is 0.492 e. The van der Waals surface area contributed by atoms with Crippen LogP contribution in [0.25, 0.3) is 0 Å². The fourth-order valence-electron chi connectivity index (χ4n) is 2.39. The molecule has 0 N–H and O–H groups in total. The molecule has 0 atom stereocenters. The number of carbonyl (C=O) groups is 1. The Hall–Kier alpha value is -2.02. The Labute approximate surface area is 172 Å². The van der Waals surface area contributed by atoms with Crippen LogP contribution in [0.1, 0.15) is 16.1 Å². The first-order valence-electron chi connectivity index (χ1n) is 8.36. The maximum atomic E-state index is 12.8. The van der Waals surface area contributed by atoms with Crippen LogP contribution in [0, 0.1) is 0 Å². The molecule has 3 aromatic rings. The summed E-state index contributed by atoms with van der Waals surface area (Å²) in [6, 6.07) is 14.9. The third-order valence-electron chi connectivity index (χ3n) is 3.81. The van der Waals surface area contributed by atoms with Crippen LogP contribution in [-0.2, 0) is 5.75 Å². The molecule has 1 heterocycles. The fourth-order valence-corrected chi connectivity index (χ4v) is 4.19. The van der Waals surface area contributed by atoms with Crippen LogP contribution in [0.2, 0.25) is 5.02 Å². The lowest BCUT2D eigenvalue weighted by Crippen LogP contribution is -2.31. The minimum Gasteiger partial charge on any atom is -0.492 e. The van der Waals surface area contributed by atoms with Gasteiger partial charge in [0, 0.05) is 28.1 Å². The second-order valence-corrected chi connectivity index (χ2v) is 7.97. The number of likely N-dealkylation sites (N-methyl/N-ethyl adjacent to an activating group) is 1. The van der Waals surface area contributed by atoms with Crippen LogP contribution in [0.5, 0.6) is 5.75 Å². The van der Waals surface area contributed by atoms with Crippen molar-refractivity contribution in [2.24, 2.45) is 0 Å². The molecule has 0 spiro atoms. The van der Waals surface area contributed by atoms with Gasteiger partial charge in [-0.15, -0.1) is 23.1 Å². The van der Waals surface area contributed by atoms with Crippen LogP contribution in [0.3, 0.4) is 0 Å². The third-order valence-corrected chi connectivity index (χ3v) is 5.79. The van der Waals surface area contributed by atoms with E-state index in [4.69, 9.17) is 16.3 Å². The number of nitrogens with zero attached hydrogens (tertiary/aromatic N) is 2. The molecule has 4 nitrogen and oxygen atoms in total. The number of halogens is 1. The molecular formula is C20H19ClN2O2S2. The van der Waals surface area contributed by atoms with Crippen molar-refractivity contribution < 1.29 is 9.53 Å². The summed E-state index contributed by atoms with van der Waals surface area (Å²) in [5.41, 5.74) is 3.54. The molecule has 7 heteroatoms. The SMILES string of the molecule is CN(CCOc1cccc(Cl)c1)C(=O)c1ccccc1SCc1cscn1. The molecule has 0 radical (unpaired) electrons. The van der Waals surface area contributed by atoms with Crippen molar-refractivity contribution in [3.8, 4) is 5.75 Å². The maximum absolute atomic E-state index is 12.8. The minimum atomic E-state index is -0.0222. The molecule has 1 aromatic heterocycles. The molecule has 0 saturated carbocycles. The number of rotatable bonds is 8. The predicted molar refractivity (Wildman–Crippen MR) is 112 cm³/mol. The van der Waals surface area contributed by atoms with Gasteiger partial charge in [0.15, 0.2) is 0 Å². The Kier molecular flexibility index (Phi) is 7.15. The lowest BCUT2D eigenvalue weighted by atomic mass is 10.2. The number of carbonyl (C=O) groups excluding carboxylic acids is 1. The smallest absolute Gasteiger partial charge is 0.254 e. The zero-order valence-corrected chi connectivity index (χ0v) is 17.2. The summed E-state index contributed by atoms with van der Waals surface area (Å²) >= 11 is 9.15. The van der Waals surface area contributed by atoms with Crippen molar-refractivity contribution >= 4 is 40.6 Å². The highest BCUT2D eigenvalue weighted by atomic mass is 35.5. The zero-order valence-electron chi connectivity index (χ0n) is 14.8. The van der Waals surface area contributed by atoms with Crippen LogP contribution < -0.4 is 4.74 Å². The van der Waals surface area contributed by atoms with Gasteiger partial charge < -0.3 is 9.64 Å². The molecule has 0 aliphatic carbocycles. The van der Waals surface area contributed by atoms with E-state index in [9.17, 15) is 4.79 Å². The van der Waals surface area contributed by atoms with Gasteiger partial charge in [-0.05, 0) is 30.3 Å². The summed E-state index contributed by atoms with van der Waals surface area (Å²) in [5, 5.41) is 2.65. The number of aromatic nitrogens is 1. The van der Waals surface area contributed by atoms with E-state index in [0.29, 0.717) is 29.5 Å². The molecule has 0 unspecified atom stereocenters. The summed E-state index contributed by atoms with van der Waals surface area (Å²) < 4.78 is 5.68. The highest BCUT2D eigenvalue weighted by molar-refractivity contribution is 7.98. The molecule has 0 fully saturated rings. The van der Waals surface area contributed by atoms with E-state index in [-0.39, 0.29) is 5.91 Å². The monoisotopic (exact) mass is 418 g/mol. The molecule has 0 aliphatic rings. The van der Waals surface area contributed by atoms with Gasteiger partial charge in [0.25, 0.3) is 5.91 Å². The number of hydrogen-bond donors (Lipinski definition) is 0. The Balaban J connectivity index is 1.57. The van der Waals surface area contributed by atoms with Crippen molar-refractivity contribution in [3.63, 3.8) is 0 Å². The van der Waals surface area contributed by atoms with Crippen molar-refractivity contribution in [1.29, 1.82) is 0 Å². The summed E-state index contributed by atoms with van der Waals surface area (Å²) in [5.74, 6) is 1.42. The van der Waals surface area contributed by atoms with Gasteiger partial charge in [0.2, 0.25) is 0 Å². The number of thiazole rings is 1. The van der Waals surface area contributed by atoms with Crippen molar-refractivity contribution in [2.45, 2.75) is 10.6 Å². The first-order valence-corrected chi connectivity index (χ1v) is 10.7. The quantitative estimate of drug-likeness (QED) is 0.469. The second kappa shape index (κ2) is 9.78. The first kappa shape index (κ1) is 19.7. The average molecular weight is 419 g/mol. The standard InChI is InChI=1S/C20H19ClN2O2S2/c1-23(9-10-25-17-6-4-5-15(21)11-17)20(24)18-7-2-3-8-19(18)27-13-16-12-26-14-22-16/h2-8,11-12,14H,9-10,13H2,1H3. The summed E-state index contributed by atoms with van der Waals surface area (Å²) in [7, 11) is 1.78. The van der Waals surface area contributed by atoms with E-state index in [0.717, 1.165) is 16.3 Å². The minimum absolute atomic E-state index is 0.0222. The molecule has 0 aliphatic heterocycles. The van der Waals surface area contributed by atoms with Gasteiger partial charge in [-0.3, -0.25) is 4.79 Å². The number of benzene rings is 2. The lowest BCUT2D eigenvalue weighted by Gasteiger charge is -2.19. The van der Waals surface area contributed by atoms with Gasteiger partial charge in [0.05, 0.1) is 23.3 Å². The first-order chi connectivity index (χ1) is 13.1. The Morgan fingerprint density at radius 1 is 1.26 bits per heavy atom. The molecule has 3 rings (SSSR count). The normalized spacial score (nSPS) is 10.6. The van der Waals surface area contributed by atoms with E-state index in [1.807, 2.05) is 47.3 Å². The van der Waals surface area contributed by atoms with Crippen LogP contribution in [0.4, 0.5) is 0 Å². The fraction of sp³-hybridized carbons (Fsp3) is 0.200. The average Bonchev–Trinajstić information content (AvgIpc) is 3.19. The summed E-state index contributed by atoms with van der Waals surface area (Å²) in [4.78, 5) is 19.8. The predicted octanol–water partition coefficient (Wildman–Crippen LogP) is 5.24. The van der Waals surface area contributed by atoms with E-state index >= 15 is 0 Å². The third kappa shape index (κ3) is 5.73. The Morgan fingerprint density at radius 2 is 2.11 bits per heavy atom. The van der Waals surface area contributed by atoms with Crippen LogP contribution in [0.15, 0.2) is 64.3 Å². The van der Waals surface area contributed by atoms with Gasteiger partial charge in [-0.1, -0.05) is 29.8 Å². The van der Waals surface area contributed by atoms with E-state index < -0.39 is 0 Å². The molecular weight excluding hydrogens is 400 g/mol. The van der Waals surface area contributed by atoms with Gasteiger partial charge in [-0.25, -0.2) is 4.98 Å². The molecule has 140 valence electrons. The van der Waals surface area contributed by atoms with E-state index in [1.165, 1.54) is 0 Å². The number of hydrogen-bond acceptors (Lipinski definition) is 5. The van der Waals surface area contributed by atoms with E-state index in [1.54, 1.807) is 47.2 Å². The van der Waals surface area contributed by atoms with Gasteiger partial charge in [-0.2, -0.15) is 0 Å². The number of amides is 1. The van der Waals surface area contributed by atoms with Crippen molar-refractivity contribution in [3.05, 3.63) is 75.7 Å². The topological polar surface area (TPSA) is 42.4 Å². The molecule has 2 aromatic carbocycles. The highest BCUT2D eigenvalue weighted by Gasteiger charge is 2.16. The molecule has 27 heavy (non-hydrogen) atoms. The van der Waals surface area contributed by atoms with E-state index in [2.05, 4.69) is 4.98 Å². The number of thioether (sulfide) groups is 1. The Bertz CT molecular complexity index is 887.